The molecule has 2 aliphatic heterocycles. The zero-order chi connectivity index (χ0) is 20.4. The van der Waals surface area contributed by atoms with Crippen LogP contribution >= 0.6 is 0 Å². The number of hydrogen-bond donors (Lipinski definition) is 2. The molecular weight excluding hydrogens is 364 g/mol. The summed E-state index contributed by atoms with van der Waals surface area (Å²) in [5.41, 5.74) is 0.209. The fourth-order valence-corrected chi connectivity index (χ4v) is 5.45. The van der Waals surface area contributed by atoms with Gasteiger partial charge in [0.2, 0.25) is 0 Å². The number of rotatable bonds is 3. The van der Waals surface area contributed by atoms with Crippen LogP contribution in [0.1, 0.15) is 26.2 Å². The molecule has 0 radical (unpaired) electrons. The number of aliphatic hydroxyl groups excluding tert-OH is 2. The van der Waals surface area contributed by atoms with Crippen molar-refractivity contribution in [1.29, 1.82) is 0 Å². The first-order valence-corrected chi connectivity index (χ1v) is 9.62. The molecule has 7 heteroatoms. The lowest BCUT2D eigenvalue weighted by molar-refractivity contribution is -0.228. The highest BCUT2D eigenvalue weighted by Gasteiger charge is 2.70. The van der Waals surface area contributed by atoms with E-state index in [-0.39, 0.29) is 23.5 Å². The van der Waals surface area contributed by atoms with Gasteiger partial charge in [0.05, 0.1) is 30.3 Å². The second kappa shape index (κ2) is 6.54. The van der Waals surface area contributed by atoms with Crippen LogP contribution in [0.2, 0.25) is 0 Å². The Balaban J connectivity index is 1.74. The minimum atomic E-state index is -1.17. The van der Waals surface area contributed by atoms with E-state index < -0.39 is 48.4 Å². The SMILES string of the molecule is C=C(CO)C(=O)O[C@H]1CC(=C)[C@@H]2C[C@H](O)C(=C)[C@@H]2[C@H]2OC(=O)[C@]3(C[C@H](C)O3)[C@@H]21. The molecule has 152 valence electrons. The molecule has 4 rings (SSSR count). The average molecular weight is 390 g/mol. The predicted octanol–water partition coefficient (Wildman–Crippen LogP) is 1.05. The summed E-state index contributed by atoms with van der Waals surface area (Å²) in [5.74, 6) is -2.12. The molecule has 0 amide bonds. The highest BCUT2D eigenvalue weighted by atomic mass is 16.6. The number of esters is 2. The van der Waals surface area contributed by atoms with Gasteiger partial charge in [0.15, 0.2) is 5.60 Å². The molecule has 1 spiro atoms. The Hall–Kier alpha value is -1.96. The molecule has 4 fully saturated rings. The lowest BCUT2D eigenvalue weighted by atomic mass is 9.71. The number of carbonyl (C=O) groups excluding carboxylic acids is 2. The highest BCUT2D eigenvalue weighted by Crippen LogP contribution is 2.58. The van der Waals surface area contributed by atoms with Crippen molar-refractivity contribution in [3.05, 3.63) is 36.5 Å². The number of fused-ring (bicyclic) bond motifs is 4. The Labute approximate surface area is 163 Å². The Morgan fingerprint density at radius 2 is 2.07 bits per heavy atom. The van der Waals surface area contributed by atoms with E-state index in [2.05, 4.69) is 19.7 Å². The first-order valence-electron chi connectivity index (χ1n) is 9.62. The third-order valence-electron chi connectivity index (χ3n) is 6.73. The van der Waals surface area contributed by atoms with Crippen molar-refractivity contribution < 1.29 is 34.0 Å². The van der Waals surface area contributed by atoms with Gasteiger partial charge in [0.1, 0.15) is 12.2 Å². The van der Waals surface area contributed by atoms with Crippen LogP contribution in [0.3, 0.4) is 0 Å². The van der Waals surface area contributed by atoms with Crippen molar-refractivity contribution in [2.75, 3.05) is 6.61 Å². The maximum Gasteiger partial charge on any atom is 0.339 e. The quantitative estimate of drug-likeness (QED) is 0.422. The van der Waals surface area contributed by atoms with Crippen LogP contribution in [0.4, 0.5) is 0 Å². The largest absolute Gasteiger partial charge is 0.459 e. The molecule has 0 unspecified atom stereocenters. The van der Waals surface area contributed by atoms with Gasteiger partial charge in [-0.1, -0.05) is 25.3 Å². The lowest BCUT2D eigenvalue weighted by Crippen LogP contribution is -2.60. The molecule has 8 atom stereocenters. The van der Waals surface area contributed by atoms with Crippen LogP contribution in [-0.2, 0) is 23.8 Å². The van der Waals surface area contributed by atoms with Crippen LogP contribution < -0.4 is 0 Å². The van der Waals surface area contributed by atoms with Gasteiger partial charge in [0, 0.05) is 18.8 Å². The van der Waals surface area contributed by atoms with Crippen molar-refractivity contribution in [2.24, 2.45) is 17.8 Å². The molecule has 0 aromatic heterocycles. The summed E-state index contributed by atoms with van der Waals surface area (Å²) in [6.45, 7) is 13.1. The predicted molar refractivity (Wildman–Crippen MR) is 97.9 cm³/mol. The standard InChI is InChI=1S/C21H26O7/c1-9-5-15(26-19(24)10(2)8-22)17-18(16-12(4)14(23)6-13(9)16)27-20(25)21(17)7-11(3)28-21/h11,13-18,22-23H,1-2,4-8H2,3H3/t11-,13-,14-,15-,16-,17+,18+,21-/m0/s1. The zero-order valence-electron chi connectivity index (χ0n) is 15.9. The zero-order valence-corrected chi connectivity index (χ0v) is 15.9. The van der Waals surface area contributed by atoms with Crippen LogP contribution in [0.5, 0.6) is 0 Å². The fourth-order valence-electron chi connectivity index (χ4n) is 5.45. The van der Waals surface area contributed by atoms with Gasteiger partial charge in [-0.15, -0.1) is 0 Å². The minimum Gasteiger partial charge on any atom is -0.459 e. The van der Waals surface area contributed by atoms with Crippen LogP contribution in [-0.4, -0.2) is 58.8 Å². The number of carbonyl (C=O) groups is 2. The van der Waals surface area contributed by atoms with E-state index in [0.717, 1.165) is 5.57 Å². The monoisotopic (exact) mass is 390 g/mol. The molecule has 2 aliphatic carbocycles. The first kappa shape index (κ1) is 19.4. The third kappa shape index (κ3) is 2.60. The van der Waals surface area contributed by atoms with E-state index in [9.17, 15) is 19.8 Å². The van der Waals surface area contributed by atoms with Gasteiger partial charge >= 0.3 is 11.9 Å². The molecule has 0 aromatic carbocycles. The summed E-state index contributed by atoms with van der Waals surface area (Å²) in [7, 11) is 0. The Morgan fingerprint density at radius 1 is 1.39 bits per heavy atom. The van der Waals surface area contributed by atoms with E-state index in [0.29, 0.717) is 24.8 Å². The molecule has 28 heavy (non-hydrogen) atoms. The smallest absolute Gasteiger partial charge is 0.339 e. The van der Waals surface area contributed by atoms with E-state index in [4.69, 9.17) is 14.2 Å². The molecule has 2 N–H and O–H groups in total. The normalized spacial score (nSPS) is 44.4. The van der Waals surface area contributed by atoms with E-state index in [1.165, 1.54) is 0 Å². The summed E-state index contributed by atoms with van der Waals surface area (Å²) in [5, 5.41) is 19.5. The molecular formula is C21H26O7. The second-order valence-corrected chi connectivity index (χ2v) is 8.44. The summed E-state index contributed by atoms with van der Waals surface area (Å²) in [4.78, 5) is 25.2. The highest BCUT2D eigenvalue weighted by molar-refractivity contribution is 5.88. The van der Waals surface area contributed by atoms with Crippen molar-refractivity contribution in [3.63, 3.8) is 0 Å². The first-order chi connectivity index (χ1) is 13.2. The van der Waals surface area contributed by atoms with Gasteiger partial charge in [-0.25, -0.2) is 9.59 Å². The summed E-state index contributed by atoms with van der Waals surface area (Å²) in [6.07, 6.45) is -0.856. The molecule has 7 nitrogen and oxygen atoms in total. The molecule has 2 heterocycles. The minimum absolute atomic E-state index is 0.0615. The number of hydrogen-bond acceptors (Lipinski definition) is 7. The third-order valence-corrected chi connectivity index (χ3v) is 6.73. The second-order valence-electron chi connectivity index (χ2n) is 8.44. The fraction of sp³-hybridized carbons (Fsp3) is 0.619. The van der Waals surface area contributed by atoms with Crippen LogP contribution in [0.25, 0.3) is 0 Å². The molecule has 0 bridgehead atoms. The molecule has 2 saturated heterocycles. The maximum atomic E-state index is 12.8. The molecule has 0 aromatic rings. The summed E-state index contributed by atoms with van der Waals surface area (Å²) < 4.78 is 17.4. The van der Waals surface area contributed by atoms with Gasteiger partial charge in [-0.05, 0) is 24.8 Å². The summed E-state index contributed by atoms with van der Waals surface area (Å²) >= 11 is 0. The number of ether oxygens (including phenoxy) is 3. The topological polar surface area (TPSA) is 102 Å². The Kier molecular flexibility index (Phi) is 4.52. The van der Waals surface area contributed by atoms with Crippen LogP contribution in [0, 0.1) is 17.8 Å². The van der Waals surface area contributed by atoms with E-state index >= 15 is 0 Å². The van der Waals surface area contributed by atoms with Gasteiger partial charge in [-0.3, -0.25) is 0 Å². The van der Waals surface area contributed by atoms with E-state index in [1.807, 2.05) is 6.92 Å². The van der Waals surface area contributed by atoms with Crippen LogP contribution in [0.15, 0.2) is 36.5 Å². The van der Waals surface area contributed by atoms with Crippen molar-refractivity contribution in [2.45, 2.75) is 56.2 Å². The number of aliphatic hydroxyl groups is 2. The maximum absolute atomic E-state index is 12.8. The Bertz CT molecular complexity index is 763. The lowest BCUT2D eigenvalue weighted by Gasteiger charge is -2.46. The molecule has 4 aliphatic rings. The average Bonchev–Trinajstić information content (AvgIpc) is 3.04. The van der Waals surface area contributed by atoms with Gasteiger partial charge < -0.3 is 24.4 Å². The van der Waals surface area contributed by atoms with Crippen molar-refractivity contribution in [1.82, 2.24) is 0 Å². The van der Waals surface area contributed by atoms with Crippen molar-refractivity contribution in [3.8, 4) is 0 Å². The van der Waals surface area contributed by atoms with Crippen molar-refractivity contribution >= 4 is 11.9 Å². The van der Waals surface area contributed by atoms with E-state index in [1.54, 1.807) is 0 Å². The Morgan fingerprint density at radius 3 is 2.68 bits per heavy atom. The van der Waals surface area contributed by atoms with Gasteiger partial charge in [-0.2, -0.15) is 0 Å². The molecule has 2 saturated carbocycles. The van der Waals surface area contributed by atoms with Gasteiger partial charge in [0.25, 0.3) is 0 Å². The summed E-state index contributed by atoms with van der Waals surface area (Å²) in [6, 6.07) is 0.